The first-order valence-electron chi connectivity index (χ1n) is 13.0. The summed E-state index contributed by atoms with van der Waals surface area (Å²) in [5.41, 5.74) is -0.856. The van der Waals surface area contributed by atoms with E-state index in [1.165, 1.54) is 50.6 Å². The van der Waals surface area contributed by atoms with E-state index < -0.39 is 34.6 Å². The maximum absolute atomic E-state index is 13.7. The Morgan fingerprint density at radius 2 is 0.932 bits per heavy atom. The highest BCUT2D eigenvalue weighted by Crippen LogP contribution is 2.42. The zero-order valence-corrected chi connectivity index (χ0v) is 23.2. The summed E-state index contributed by atoms with van der Waals surface area (Å²) in [6.07, 6.45) is 0. The highest BCUT2D eigenvalue weighted by Gasteiger charge is 2.31. The topological polar surface area (TPSA) is 164 Å². The summed E-state index contributed by atoms with van der Waals surface area (Å²) in [4.78, 5) is 54.3. The number of fused-ring (bicyclic) bond motifs is 2. The number of phenols is 2. The average Bonchev–Trinajstić information content (AvgIpc) is 3.72. The number of ketones is 4. The van der Waals surface area contributed by atoms with Crippen molar-refractivity contribution in [2.75, 3.05) is 27.8 Å². The molecule has 6 rings (SSSR count). The molecule has 2 aliphatic heterocycles. The van der Waals surface area contributed by atoms with Gasteiger partial charge in [-0.1, -0.05) is 0 Å². The molecule has 12 nitrogen and oxygen atoms in total. The van der Waals surface area contributed by atoms with Crippen molar-refractivity contribution in [3.63, 3.8) is 0 Å². The van der Waals surface area contributed by atoms with Gasteiger partial charge in [-0.3, -0.25) is 19.2 Å². The van der Waals surface area contributed by atoms with Crippen molar-refractivity contribution < 1.29 is 57.8 Å². The van der Waals surface area contributed by atoms with Gasteiger partial charge in [0, 0.05) is 22.3 Å². The van der Waals surface area contributed by atoms with E-state index in [0.717, 1.165) is 24.3 Å². The summed E-state index contributed by atoms with van der Waals surface area (Å²) in [6, 6.07) is 12.9. The molecule has 12 heteroatoms. The van der Waals surface area contributed by atoms with Crippen LogP contribution in [-0.2, 0) is 0 Å². The first-order valence-corrected chi connectivity index (χ1v) is 13.0. The largest absolute Gasteiger partial charge is 0.504 e. The Bertz CT molecular complexity index is 1750. The first kappa shape index (κ1) is 28.1. The SMILES string of the molecule is COc1cc(C(=O)C(=O)c2ccc3c(c2)OCO3)c(-c2cc(O)c(OC)cc2C(=O)C(=O)c2ccc3c(c2)OCO3)cc1O. The molecule has 0 unspecified atom stereocenters. The lowest BCUT2D eigenvalue weighted by atomic mass is 9.87. The predicted molar refractivity (Wildman–Crippen MR) is 151 cm³/mol. The fourth-order valence-electron chi connectivity index (χ4n) is 4.87. The normalized spacial score (nSPS) is 12.5. The molecule has 4 aromatic rings. The highest BCUT2D eigenvalue weighted by atomic mass is 16.7. The minimum atomic E-state index is -1.03. The van der Waals surface area contributed by atoms with E-state index in [1.54, 1.807) is 0 Å². The van der Waals surface area contributed by atoms with Crippen LogP contribution in [0.3, 0.4) is 0 Å². The van der Waals surface area contributed by atoms with Gasteiger partial charge < -0.3 is 38.6 Å². The van der Waals surface area contributed by atoms with E-state index in [2.05, 4.69) is 0 Å². The number of aromatic hydroxyl groups is 2. The third kappa shape index (κ3) is 4.77. The fraction of sp³-hybridized carbons (Fsp3) is 0.125. The van der Waals surface area contributed by atoms with Crippen LogP contribution in [0.25, 0.3) is 11.1 Å². The Labute approximate surface area is 248 Å². The molecule has 2 heterocycles. The maximum Gasteiger partial charge on any atom is 0.234 e. The molecule has 0 fully saturated rings. The molecule has 44 heavy (non-hydrogen) atoms. The van der Waals surface area contributed by atoms with Gasteiger partial charge in [0.25, 0.3) is 0 Å². The molecule has 2 aliphatic rings. The number of carbonyl (C=O) groups is 4. The molecule has 0 saturated carbocycles. The number of methoxy groups -OCH3 is 2. The lowest BCUT2D eigenvalue weighted by Crippen LogP contribution is -2.18. The van der Waals surface area contributed by atoms with Gasteiger partial charge >= 0.3 is 0 Å². The zero-order valence-electron chi connectivity index (χ0n) is 23.2. The number of benzene rings is 4. The molecule has 2 N–H and O–H groups in total. The van der Waals surface area contributed by atoms with Crippen LogP contribution in [0.1, 0.15) is 41.4 Å². The van der Waals surface area contributed by atoms with E-state index in [1.807, 2.05) is 0 Å². The summed E-state index contributed by atoms with van der Waals surface area (Å²) in [6.45, 7) is -0.0774. The lowest BCUT2D eigenvalue weighted by Gasteiger charge is -2.17. The number of hydrogen-bond acceptors (Lipinski definition) is 12. The molecule has 0 atom stereocenters. The van der Waals surface area contributed by atoms with Crippen molar-refractivity contribution in [3.8, 4) is 57.1 Å². The van der Waals surface area contributed by atoms with Gasteiger partial charge in [0.15, 0.2) is 46.0 Å². The second kappa shape index (κ2) is 11.0. The molecule has 0 bridgehead atoms. The Morgan fingerprint density at radius 1 is 0.545 bits per heavy atom. The molecule has 0 aliphatic carbocycles. The van der Waals surface area contributed by atoms with Crippen molar-refractivity contribution in [2.45, 2.75) is 0 Å². The van der Waals surface area contributed by atoms with Gasteiger partial charge in [0.2, 0.25) is 36.7 Å². The summed E-state index contributed by atoms with van der Waals surface area (Å²) in [5, 5.41) is 21.4. The molecule has 222 valence electrons. The summed E-state index contributed by atoms with van der Waals surface area (Å²) in [7, 11) is 2.50. The van der Waals surface area contributed by atoms with E-state index in [9.17, 15) is 29.4 Å². The van der Waals surface area contributed by atoms with Gasteiger partial charge in [-0.2, -0.15) is 0 Å². The smallest absolute Gasteiger partial charge is 0.234 e. The monoisotopic (exact) mass is 598 g/mol. The second-order valence-corrected chi connectivity index (χ2v) is 9.59. The van der Waals surface area contributed by atoms with Gasteiger partial charge in [-0.25, -0.2) is 0 Å². The quantitative estimate of drug-likeness (QED) is 0.207. The molecule has 0 amide bonds. The number of ether oxygens (including phenoxy) is 6. The van der Waals surface area contributed by atoms with Gasteiger partial charge in [0.1, 0.15) is 0 Å². The van der Waals surface area contributed by atoms with Crippen LogP contribution in [0.4, 0.5) is 0 Å². The van der Waals surface area contributed by atoms with Gasteiger partial charge in [-0.15, -0.1) is 0 Å². The number of Topliss-reactive ketones (excluding diaryl/α,β-unsaturated/α-hetero) is 4. The van der Waals surface area contributed by atoms with Crippen molar-refractivity contribution in [1.82, 2.24) is 0 Å². The number of hydrogen-bond donors (Lipinski definition) is 2. The van der Waals surface area contributed by atoms with Crippen LogP contribution < -0.4 is 28.4 Å². The molecular weight excluding hydrogens is 576 g/mol. The zero-order chi connectivity index (χ0) is 31.1. The van der Waals surface area contributed by atoms with Crippen LogP contribution in [0.15, 0.2) is 60.7 Å². The van der Waals surface area contributed by atoms with Crippen molar-refractivity contribution >= 4 is 23.1 Å². The van der Waals surface area contributed by atoms with Crippen LogP contribution in [-0.4, -0.2) is 61.2 Å². The van der Waals surface area contributed by atoms with Gasteiger partial charge in [0.05, 0.1) is 14.2 Å². The Balaban J connectivity index is 1.48. The predicted octanol–water partition coefficient (Wildman–Crippen LogP) is 4.37. The first-order chi connectivity index (χ1) is 21.2. The third-order valence-corrected chi connectivity index (χ3v) is 7.10. The van der Waals surface area contributed by atoms with Crippen LogP contribution >= 0.6 is 0 Å². The molecule has 0 radical (unpaired) electrons. The lowest BCUT2D eigenvalue weighted by molar-refractivity contribution is 0.0816. The average molecular weight is 599 g/mol. The molecule has 0 saturated heterocycles. The minimum Gasteiger partial charge on any atom is -0.504 e. The summed E-state index contributed by atoms with van der Waals surface area (Å²) < 4.78 is 31.5. The van der Waals surface area contributed by atoms with Crippen LogP contribution in [0.2, 0.25) is 0 Å². The Morgan fingerprint density at radius 3 is 1.32 bits per heavy atom. The third-order valence-electron chi connectivity index (χ3n) is 7.10. The standard InChI is InChI=1S/C32H22O12/c1-39-25-11-19(31(37)29(35)15-3-5-23-27(7-15)43-13-41-23)17(9-21(25)33)18-10-22(34)26(40-2)12-20(18)32(38)30(36)16-4-6-24-28(8-16)44-14-42-24/h3-12,33-34H,13-14H2,1-2H3. The Kier molecular flexibility index (Phi) is 7.01. The van der Waals surface area contributed by atoms with Crippen LogP contribution in [0.5, 0.6) is 46.0 Å². The van der Waals surface area contributed by atoms with Crippen molar-refractivity contribution in [1.29, 1.82) is 0 Å². The van der Waals surface area contributed by atoms with Crippen LogP contribution in [0, 0.1) is 0 Å². The molecule has 0 aromatic heterocycles. The minimum absolute atomic E-state index is 0.0101. The van der Waals surface area contributed by atoms with Crippen molar-refractivity contribution in [2.24, 2.45) is 0 Å². The number of phenolic OH excluding ortho intramolecular Hbond substituents is 2. The fourth-order valence-corrected chi connectivity index (χ4v) is 4.87. The summed E-state index contributed by atoms with van der Waals surface area (Å²) >= 11 is 0. The number of rotatable bonds is 9. The van der Waals surface area contributed by atoms with Crippen molar-refractivity contribution in [3.05, 3.63) is 82.9 Å². The Hall–Kier alpha value is -6.04. The van der Waals surface area contributed by atoms with E-state index in [0.29, 0.717) is 11.5 Å². The summed E-state index contributed by atoms with van der Waals surface area (Å²) in [5.74, 6) is -3.75. The molecule has 4 aromatic carbocycles. The second-order valence-electron chi connectivity index (χ2n) is 9.59. The van der Waals surface area contributed by atoms with E-state index >= 15 is 0 Å². The molecular formula is C32H22O12. The van der Waals surface area contributed by atoms with Gasteiger partial charge in [-0.05, 0) is 71.8 Å². The van der Waals surface area contributed by atoms with E-state index in [4.69, 9.17) is 28.4 Å². The molecule has 0 spiro atoms. The van der Waals surface area contributed by atoms with E-state index in [-0.39, 0.29) is 70.0 Å². The maximum atomic E-state index is 13.7. The number of carbonyl (C=O) groups excluding carboxylic acids is 4. The highest BCUT2D eigenvalue weighted by molar-refractivity contribution is 6.52.